The summed E-state index contributed by atoms with van der Waals surface area (Å²) < 4.78 is 7.26. The van der Waals surface area contributed by atoms with Gasteiger partial charge in [0.05, 0.1) is 6.61 Å². The minimum atomic E-state index is -0.248. The normalized spacial score (nSPS) is 18.3. The minimum Gasteiger partial charge on any atom is -0.396 e. The number of aryl methyl sites for hydroxylation is 1. The van der Waals surface area contributed by atoms with Crippen LogP contribution in [0.1, 0.15) is 29.8 Å². The number of rotatable bonds is 6. The van der Waals surface area contributed by atoms with Gasteiger partial charge >= 0.3 is 0 Å². The topological polar surface area (TPSA) is 78.5 Å². The van der Waals surface area contributed by atoms with Crippen molar-refractivity contribution in [1.29, 1.82) is 5.26 Å². The number of ether oxygens (including phenoxy) is 1. The van der Waals surface area contributed by atoms with Gasteiger partial charge in [0.1, 0.15) is 11.6 Å². The van der Waals surface area contributed by atoms with Gasteiger partial charge in [0.2, 0.25) is 0 Å². The van der Waals surface area contributed by atoms with Crippen molar-refractivity contribution in [2.45, 2.75) is 33.2 Å². The molecule has 136 valence electrons. The molecular weight excluding hydrogens is 318 g/mol. The Hall–Kier alpha value is -2.10. The van der Waals surface area contributed by atoms with Crippen LogP contribution in [0.2, 0.25) is 0 Å². The Kier molecular flexibility index (Phi) is 6.80. The lowest BCUT2D eigenvalue weighted by Gasteiger charge is -2.31. The lowest BCUT2D eigenvalue weighted by atomic mass is 9.98. The lowest BCUT2D eigenvalue weighted by Crippen LogP contribution is -2.41. The first-order chi connectivity index (χ1) is 12.0. The first kappa shape index (κ1) is 19.2. The van der Waals surface area contributed by atoms with Crippen LogP contribution in [0.4, 0.5) is 0 Å². The first-order valence-electron chi connectivity index (χ1n) is 8.69. The Balaban J connectivity index is 2.22. The van der Waals surface area contributed by atoms with E-state index in [2.05, 4.69) is 10.6 Å². The second-order valence-corrected chi connectivity index (χ2v) is 6.58. The maximum Gasteiger partial charge on any atom is 0.264 e. The molecule has 1 saturated heterocycles. The molecule has 25 heavy (non-hydrogen) atoms. The fourth-order valence-electron chi connectivity index (χ4n) is 3.37. The number of nitriles is 1. The Bertz CT molecular complexity index is 685. The molecule has 1 aromatic heterocycles. The number of methoxy groups -OCH3 is 1. The largest absolute Gasteiger partial charge is 0.396 e. The number of nitrogens with zero attached hydrogens (tertiary/aromatic N) is 3. The molecule has 1 aliphatic rings. The van der Waals surface area contributed by atoms with E-state index in [0.29, 0.717) is 19.7 Å². The lowest BCUT2D eigenvalue weighted by molar-refractivity contribution is -0.128. The number of aliphatic hydroxyl groups is 1. The summed E-state index contributed by atoms with van der Waals surface area (Å²) in [7, 11) is 1.67. The highest BCUT2D eigenvalue weighted by Crippen LogP contribution is 2.21. The molecule has 0 spiro atoms. The Labute approximate surface area is 149 Å². The molecule has 2 rings (SSSR count). The van der Waals surface area contributed by atoms with Crippen LogP contribution in [0.15, 0.2) is 11.6 Å². The summed E-state index contributed by atoms with van der Waals surface area (Å²) in [6.07, 6.45) is 3.46. The predicted octanol–water partition coefficient (Wildman–Crippen LogP) is 1.89. The molecule has 1 N–H and O–H groups in total. The van der Waals surface area contributed by atoms with E-state index in [0.717, 1.165) is 36.3 Å². The number of aromatic nitrogens is 1. The van der Waals surface area contributed by atoms with Crippen LogP contribution in [-0.2, 0) is 16.1 Å². The summed E-state index contributed by atoms with van der Waals surface area (Å²) in [5.74, 6) is -0.140. The summed E-state index contributed by atoms with van der Waals surface area (Å²) in [4.78, 5) is 14.4. The molecule has 6 heteroatoms. The van der Waals surface area contributed by atoms with Crippen LogP contribution in [-0.4, -0.2) is 53.9 Å². The van der Waals surface area contributed by atoms with E-state index in [4.69, 9.17) is 4.74 Å². The van der Waals surface area contributed by atoms with Gasteiger partial charge in [0.15, 0.2) is 0 Å². The van der Waals surface area contributed by atoms with Crippen LogP contribution in [0, 0.1) is 31.1 Å². The van der Waals surface area contributed by atoms with Gasteiger partial charge in [0, 0.05) is 44.7 Å². The molecular formula is C19H27N3O3. The zero-order chi connectivity index (χ0) is 18.4. The summed E-state index contributed by atoms with van der Waals surface area (Å²) >= 11 is 0. The van der Waals surface area contributed by atoms with Gasteiger partial charge in [-0.3, -0.25) is 4.79 Å². The van der Waals surface area contributed by atoms with Gasteiger partial charge in [-0.1, -0.05) is 0 Å². The number of hydrogen-bond donors (Lipinski definition) is 1. The molecule has 6 nitrogen and oxygen atoms in total. The van der Waals surface area contributed by atoms with Crippen molar-refractivity contribution >= 4 is 12.0 Å². The van der Waals surface area contributed by atoms with Crippen molar-refractivity contribution in [1.82, 2.24) is 9.47 Å². The standard InChI is InChI=1S/C19H27N3O3/c1-14-9-17(15(2)22(14)7-8-25-3)10-18(11-20)19(24)21-6-4-5-16(12-21)13-23/h9-10,16,23H,4-8,12-13H2,1-3H3/b18-10-. The summed E-state index contributed by atoms with van der Waals surface area (Å²) in [5, 5.41) is 18.8. The highest BCUT2D eigenvalue weighted by Gasteiger charge is 2.25. The van der Waals surface area contributed by atoms with Crippen LogP contribution >= 0.6 is 0 Å². The molecule has 1 aliphatic heterocycles. The minimum absolute atomic E-state index is 0.0794. The zero-order valence-corrected chi connectivity index (χ0v) is 15.3. The Morgan fingerprint density at radius 1 is 1.52 bits per heavy atom. The number of piperidine rings is 1. The number of amides is 1. The predicted molar refractivity (Wildman–Crippen MR) is 95.8 cm³/mol. The van der Waals surface area contributed by atoms with E-state index in [1.165, 1.54) is 0 Å². The molecule has 1 atom stereocenters. The maximum absolute atomic E-state index is 12.7. The number of carbonyl (C=O) groups excluding carboxylic acids is 1. The van der Waals surface area contributed by atoms with Crippen LogP contribution in [0.25, 0.3) is 6.08 Å². The van der Waals surface area contributed by atoms with Crippen molar-refractivity contribution in [3.05, 3.63) is 28.6 Å². The molecule has 1 aromatic rings. The van der Waals surface area contributed by atoms with Gasteiger partial charge in [0.25, 0.3) is 5.91 Å². The molecule has 0 radical (unpaired) electrons. The highest BCUT2D eigenvalue weighted by molar-refractivity contribution is 6.01. The van der Waals surface area contributed by atoms with Gasteiger partial charge in [-0.15, -0.1) is 0 Å². The van der Waals surface area contributed by atoms with E-state index in [1.54, 1.807) is 18.1 Å². The molecule has 0 aliphatic carbocycles. The Morgan fingerprint density at radius 3 is 2.92 bits per heavy atom. The molecule has 0 aromatic carbocycles. The van der Waals surface area contributed by atoms with Crippen molar-refractivity contribution in [3.63, 3.8) is 0 Å². The number of likely N-dealkylation sites (tertiary alicyclic amines) is 1. The number of aliphatic hydroxyl groups excluding tert-OH is 1. The fraction of sp³-hybridized carbons (Fsp3) is 0.579. The molecule has 0 bridgehead atoms. The average Bonchev–Trinajstić information content (AvgIpc) is 2.90. The SMILES string of the molecule is COCCn1c(C)cc(/C=C(/C#N)C(=O)N2CCCC(CO)C2)c1C. The molecule has 1 amide bonds. The van der Waals surface area contributed by atoms with Crippen molar-refractivity contribution in [2.24, 2.45) is 5.92 Å². The molecule has 0 saturated carbocycles. The molecule has 1 unspecified atom stereocenters. The van der Waals surface area contributed by atoms with Crippen LogP contribution < -0.4 is 0 Å². The van der Waals surface area contributed by atoms with Gasteiger partial charge in [-0.25, -0.2) is 0 Å². The van der Waals surface area contributed by atoms with Crippen LogP contribution in [0.5, 0.6) is 0 Å². The smallest absolute Gasteiger partial charge is 0.264 e. The second-order valence-electron chi connectivity index (χ2n) is 6.58. The van der Waals surface area contributed by atoms with Gasteiger partial charge in [-0.05, 0) is 50.3 Å². The van der Waals surface area contributed by atoms with Crippen molar-refractivity contribution in [3.8, 4) is 6.07 Å². The fourth-order valence-corrected chi connectivity index (χ4v) is 3.37. The second kappa shape index (κ2) is 8.84. The monoisotopic (exact) mass is 345 g/mol. The third kappa shape index (κ3) is 4.50. The third-order valence-electron chi connectivity index (χ3n) is 4.85. The van der Waals surface area contributed by atoms with Gasteiger partial charge < -0.3 is 19.3 Å². The maximum atomic E-state index is 12.7. The number of hydrogen-bond acceptors (Lipinski definition) is 4. The first-order valence-corrected chi connectivity index (χ1v) is 8.69. The molecule has 1 fully saturated rings. The Morgan fingerprint density at radius 2 is 2.28 bits per heavy atom. The van der Waals surface area contributed by atoms with E-state index in [9.17, 15) is 15.2 Å². The average molecular weight is 345 g/mol. The quantitative estimate of drug-likeness (QED) is 0.631. The molecule has 2 heterocycles. The number of carbonyl (C=O) groups is 1. The van der Waals surface area contributed by atoms with Gasteiger partial charge in [-0.2, -0.15) is 5.26 Å². The van der Waals surface area contributed by atoms with E-state index in [-0.39, 0.29) is 24.0 Å². The summed E-state index contributed by atoms with van der Waals surface area (Å²) in [6.45, 7) is 6.57. The summed E-state index contributed by atoms with van der Waals surface area (Å²) in [6, 6.07) is 4.04. The zero-order valence-electron chi connectivity index (χ0n) is 15.3. The van der Waals surface area contributed by atoms with E-state index >= 15 is 0 Å². The third-order valence-corrected chi connectivity index (χ3v) is 4.85. The van der Waals surface area contributed by atoms with Crippen molar-refractivity contribution < 1.29 is 14.6 Å². The van der Waals surface area contributed by atoms with Crippen molar-refractivity contribution in [2.75, 3.05) is 33.4 Å². The van der Waals surface area contributed by atoms with Crippen LogP contribution in [0.3, 0.4) is 0 Å². The highest BCUT2D eigenvalue weighted by atomic mass is 16.5. The van der Waals surface area contributed by atoms with E-state index < -0.39 is 0 Å². The van der Waals surface area contributed by atoms with E-state index in [1.807, 2.05) is 19.9 Å². The summed E-state index contributed by atoms with van der Waals surface area (Å²) in [5.41, 5.74) is 3.12.